The maximum absolute atomic E-state index is 3.24. The van der Waals surface area contributed by atoms with Gasteiger partial charge in [0.25, 0.3) is 0 Å². The van der Waals surface area contributed by atoms with Crippen LogP contribution in [0.4, 0.5) is 0 Å². The van der Waals surface area contributed by atoms with Gasteiger partial charge in [0.15, 0.2) is 0 Å². The fourth-order valence-corrected chi connectivity index (χ4v) is 3.20. The van der Waals surface area contributed by atoms with E-state index in [4.69, 9.17) is 0 Å². The summed E-state index contributed by atoms with van der Waals surface area (Å²) in [4.78, 5) is 0. The first-order valence-electron chi connectivity index (χ1n) is 5.11. The molecule has 1 nitrogen and oxygen atoms in total. The highest BCUT2D eigenvalue weighted by Crippen LogP contribution is 2.37. The monoisotopic (exact) mass is 195 g/mol. The normalized spacial score (nSPS) is 18.2. The molecule has 0 aromatic carbocycles. The Kier molecular flexibility index (Phi) is 3.01. The van der Waals surface area contributed by atoms with E-state index < -0.39 is 0 Å². The number of nitrogens with one attached hydrogen (secondary N) is 1. The van der Waals surface area contributed by atoms with Gasteiger partial charge in [-0.1, -0.05) is 12.8 Å². The molecule has 0 unspecified atom stereocenters. The predicted molar refractivity (Wildman–Crippen MR) is 58.3 cm³/mol. The van der Waals surface area contributed by atoms with Gasteiger partial charge in [-0.3, -0.25) is 0 Å². The molecule has 0 atom stereocenters. The van der Waals surface area contributed by atoms with Crippen molar-refractivity contribution < 1.29 is 0 Å². The SMILES string of the molecule is CNCc1cscc1C1CCCC1. The van der Waals surface area contributed by atoms with E-state index >= 15 is 0 Å². The highest BCUT2D eigenvalue weighted by Gasteiger charge is 2.19. The van der Waals surface area contributed by atoms with Crippen LogP contribution in [0.3, 0.4) is 0 Å². The first-order chi connectivity index (χ1) is 6.42. The van der Waals surface area contributed by atoms with Crippen LogP contribution in [0.1, 0.15) is 42.7 Å². The lowest BCUT2D eigenvalue weighted by molar-refractivity contribution is 0.703. The van der Waals surface area contributed by atoms with E-state index in [-0.39, 0.29) is 0 Å². The molecule has 1 fully saturated rings. The van der Waals surface area contributed by atoms with E-state index in [0.29, 0.717) is 0 Å². The highest BCUT2D eigenvalue weighted by atomic mass is 32.1. The Morgan fingerprint density at radius 3 is 2.85 bits per heavy atom. The zero-order chi connectivity index (χ0) is 9.10. The minimum absolute atomic E-state index is 0.870. The fraction of sp³-hybridized carbons (Fsp3) is 0.636. The van der Waals surface area contributed by atoms with Crippen molar-refractivity contribution >= 4 is 11.3 Å². The third-order valence-corrected chi connectivity index (χ3v) is 3.75. The molecule has 0 spiro atoms. The van der Waals surface area contributed by atoms with Crippen molar-refractivity contribution in [2.45, 2.75) is 38.1 Å². The van der Waals surface area contributed by atoms with Gasteiger partial charge >= 0.3 is 0 Å². The zero-order valence-corrected chi connectivity index (χ0v) is 8.99. The molecule has 2 heteroatoms. The Morgan fingerprint density at radius 2 is 2.15 bits per heavy atom. The number of thiophene rings is 1. The molecule has 1 heterocycles. The Bertz CT molecular complexity index is 261. The molecule has 1 saturated carbocycles. The van der Waals surface area contributed by atoms with E-state index in [2.05, 4.69) is 16.1 Å². The van der Waals surface area contributed by atoms with Crippen LogP contribution < -0.4 is 5.32 Å². The van der Waals surface area contributed by atoms with Crippen LogP contribution in [0.5, 0.6) is 0 Å². The summed E-state index contributed by atoms with van der Waals surface area (Å²) < 4.78 is 0. The summed E-state index contributed by atoms with van der Waals surface area (Å²) in [7, 11) is 2.02. The largest absolute Gasteiger partial charge is 0.316 e. The van der Waals surface area contributed by atoms with Crippen LogP contribution in [0.15, 0.2) is 10.8 Å². The van der Waals surface area contributed by atoms with Crippen LogP contribution in [0, 0.1) is 0 Å². The molecular formula is C11H17NS. The molecule has 0 radical (unpaired) electrons. The van der Waals surface area contributed by atoms with E-state index in [0.717, 1.165) is 12.5 Å². The Balaban J connectivity index is 2.13. The van der Waals surface area contributed by atoms with Gasteiger partial charge < -0.3 is 5.32 Å². The third-order valence-electron chi connectivity index (χ3n) is 2.94. The van der Waals surface area contributed by atoms with E-state index in [9.17, 15) is 0 Å². The molecule has 1 N–H and O–H groups in total. The first-order valence-corrected chi connectivity index (χ1v) is 6.05. The fourth-order valence-electron chi connectivity index (χ4n) is 2.26. The molecule has 13 heavy (non-hydrogen) atoms. The van der Waals surface area contributed by atoms with Crippen LogP contribution in [0.2, 0.25) is 0 Å². The van der Waals surface area contributed by atoms with E-state index in [1.54, 1.807) is 5.56 Å². The predicted octanol–water partition coefficient (Wildman–Crippen LogP) is 3.13. The molecule has 1 aromatic rings. The Hall–Kier alpha value is -0.340. The minimum atomic E-state index is 0.870. The van der Waals surface area contributed by atoms with Crippen LogP contribution in [-0.2, 0) is 6.54 Å². The van der Waals surface area contributed by atoms with Crippen LogP contribution >= 0.6 is 11.3 Å². The Labute approximate surface area is 84.2 Å². The van der Waals surface area contributed by atoms with Gasteiger partial charge in [-0.05, 0) is 47.7 Å². The van der Waals surface area contributed by atoms with Crippen molar-refractivity contribution in [2.24, 2.45) is 0 Å². The molecule has 1 aromatic heterocycles. The molecular weight excluding hydrogens is 178 g/mol. The first kappa shape index (κ1) is 9.22. The van der Waals surface area contributed by atoms with Gasteiger partial charge in [-0.15, -0.1) is 0 Å². The van der Waals surface area contributed by atoms with Gasteiger partial charge in [0.2, 0.25) is 0 Å². The average Bonchev–Trinajstić information content (AvgIpc) is 2.71. The minimum Gasteiger partial charge on any atom is -0.316 e. The van der Waals surface area contributed by atoms with Crippen LogP contribution in [0.25, 0.3) is 0 Å². The number of rotatable bonds is 3. The topological polar surface area (TPSA) is 12.0 Å². The zero-order valence-electron chi connectivity index (χ0n) is 8.18. The molecule has 0 bridgehead atoms. The van der Waals surface area contributed by atoms with Gasteiger partial charge in [0, 0.05) is 6.54 Å². The highest BCUT2D eigenvalue weighted by molar-refractivity contribution is 7.08. The van der Waals surface area contributed by atoms with Gasteiger partial charge in [0.1, 0.15) is 0 Å². The summed E-state index contributed by atoms with van der Waals surface area (Å²) in [6.45, 7) is 1.04. The summed E-state index contributed by atoms with van der Waals surface area (Å²) in [5, 5.41) is 7.89. The van der Waals surface area contributed by atoms with E-state index in [1.807, 2.05) is 18.4 Å². The van der Waals surface area contributed by atoms with Crippen molar-refractivity contribution in [1.82, 2.24) is 5.32 Å². The second kappa shape index (κ2) is 4.25. The summed E-state index contributed by atoms with van der Waals surface area (Å²) >= 11 is 1.85. The second-order valence-electron chi connectivity index (χ2n) is 3.86. The second-order valence-corrected chi connectivity index (χ2v) is 4.61. The van der Waals surface area contributed by atoms with Crippen molar-refractivity contribution in [1.29, 1.82) is 0 Å². The summed E-state index contributed by atoms with van der Waals surface area (Å²) in [5.41, 5.74) is 3.15. The average molecular weight is 195 g/mol. The lowest BCUT2D eigenvalue weighted by Crippen LogP contribution is -2.07. The van der Waals surface area contributed by atoms with Gasteiger partial charge in [-0.25, -0.2) is 0 Å². The molecule has 1 aliphatic rings. The number of hydrogen-bond donors (Lipinski definition) is 1. The Morgan fingerprint density at radius 1 is 1.38 bits per heavy atom. The molecule has 0 aliphatic heterocycles. The van der Waals surface area contributed by atoms with Crippen molar-refractivity contribution in [3.8, 4) is 0 Å². The standard InChI is InChI=1S/C11H17NS/c1-12-6-10-7-13-8-11(10)9-4-2-3-5-9/h7-9,12H,2-6H2,1H3. The molecule has 72 valence electrons. The van der Waals surface area contributed by atoms with Gasteiger partial charge in [0.05, 0.1) is 0 Å². The number of hydrogen-bond acceptors (Lipinski definition) is 2. The lowest BCUT2D eigenvalue weighted by atomic mass is 9.97. The molecule has 1 aliphatic carbocycles. The van der Waals surface area contributed by atoms with E-state index in [1.165, 1.54) is 31.2 Å². The quantitative estimate of drug-likeness (QED) is 0.781. The maximum atomic E-state index is 3.24. The summed E-state index contributed by atoms with van der Waals surface area (Å²) in [5.74, 6) is 0.870. The molecule has 2 rings (SSSR count). The lowest BCUT2D eigenvalue weighted by Gasteiger charge is -2.09. The maximum Gasteiger partial charge on any atom is 0.0213 e. The van der Waals surface area contributed by atoms with Gasteiger partial charge in [-0.2, -0.15) is 11.3 Å². The van der Waals surface area contributed by atoms with Crippen molar-refractivity contribution in [3.63, 3.8) is 0 Å². The van der Waals surface area contributed by atoms with Crippen molar-refractivity contribution in [3.05, 3.63) is 21.9 Å². The van der Waals surface area contributed by atoms with Crippen LogP contribution in [-0.4, -0.2) is 7.05 Å². The summed E-state index contributed by atoms with van der Waals surface area (Å²) in [6.07, 6.45) is 5.68. The van der Waals surface area contributed by atoms with Crippen molar-refractivity contribution in [2.75, 3.05) is 7.05 Å². The summed E-state index contributed by atoms with van der Waals surface area (Å²) in [6, 6.07) is 0. The molecule has 0 amide bonds. The smallest absolute Gasteiger partial charge is 0.0213 e. The third kappa shape index (κ3) is 1.94. The molecule has 0 saturated heterocycles.